The van der Waals surface area contributed by atoms with Crippen molar-refractivity contribution in [2.24, 2.45) is 0 Å². The summed E-state index contributed by atoms with van der Waals surface area (Å²) in [7, 11) is -4.18. The molecule has 7 nitrogen and oxygen atoms in total. The van der Waals surface area contributed by atoms with Crippen LogP contribution in [0.2, 0.25) is 10.0 Å². The van der Waals surface area contributed by atoms with Gasteiger partial charge in [0.05, 0.1) is 20.6 Å². The first-order valence-electron chi connectivity index (χ1n) is 12.4. The zero-order valence-electron chi connectivity index (χ0n) is 22.6. The summed E-state index contributed by atoms with van der Waals surface area (Å²) in [5.41, 5.74) is 1.50. The summed E-state index contributed by atoms with van der Waals surface area (Å²) in [4.78, 5) is 28.4. The summed E-state index contributed by atoms with van der Waals surface area (Å²) in [5, 5.41) is 3.30. The van der Waals surface area contributed by atoms with Crippen LogP contribution in [0.3, 0.4) is 0 Å². The lowest BCUT2D eigenvalue weighted by Gasteiger charge is -2.33. The molecule has 1 N–H and O–H groups in total. The van der Waals surface area contributed by atoms with Gasteiger partial charge in [0, 0.05) is 12.1 Å². The Morgan fingerprint density at radius 3 is 2.10 bits per heavy atom. The first kappa shape index (κ1) is 30.5. The second kappa shape index (κ2) is 12.4. The molecular weight excluding hydrogens is 557 g/mol. The highest BCUT2D eigenvalue weighted by atomic mass is 35.5. The van der Waals surface area contributed by atoms with Crippen molar-refractivity contribution in [3.8, 4) is 0 Å². The number of sulfonamides is 1. The van der Waals surface area contributed by atoms with Gasteiger partial charge in [0.25, 0.3) is 10.0 Å². The smallest absolute Gasteiger partial charge is 0.264 e. The summed E-state index contributed by atoms with van der Waals surface area (Å²) in [6.07, 6.45) is 0. The summed E-state index contributed by atoms with van der Waals surface area (Å²) in [5.74, 6) is -0.910. The van der Waals surface area contributed by atoms with E-state index >= 15 is 0 Å². The zero-order valence-corrected chi connectivity index (χ0v) is 24.9. The van der Waals surface area contributed by atoms with E-state index in [1.807, 2.05) is 52.0 Å². The van der Waals surface area contributed by atoms with E-state index in [1.165, 1.54) is 35.2 Å². The summed E-state index contributed by atoms with van der Waals surface area (Å²) >= 11 is 12.3. The Balaban J connectivity index is 2.04. The van der Waals surface area contributed by atoms with Crippen LogP contribution in [0.25, 0.3) is 0 Å². The standard InChI is InChI=1S/C29H33Cl2N3O4S/c1-20-11-13-22(14-12-20)18-33(21(2)28(36)32-29(3,4)5)27(35)19-34(23-15-16-25(30)26(31)17-23)39(37,38)24-9-7-6-8-10-24/h6-17,21H,18-19H2,1-5H3,(H,32,36)/t21-/m1/s1. The van der Waals surface area contributed by atoms with Crippen molar-refractivity contribution < 1.29 is 18.0 Å². The van der Waals surface area contributed by atoms with Crippen molar-refractivity contribution in [2.75, 3.05) is 10.8 Å². The predicted molar refractivity (Wildman–Crippen MR) is 157 cm³/mol. The third-order valence-electron chi connectivity index (χ3n) is 5.94. The normalized spacial score (nSPS) is 12.5. The maximum atomic E-state index is 13.9. The summed E-state index contributed by atoms with van der Waals surface area (Å²) < 4.78 is 28.5. The number of nitrogens with zero attached hydrogens (tertiary/aromatic N) is 2. The highest BCUT2D eigenvalue weighted by Crippen LogP contribution is 2.31. The molecule has 0 saturated carbocycles. The molecule has 0 aromatic heterocycles. The summed E-state index contributed by atoms with van der Waals surface area (Å²) in [6, 6.07) is 18.9. The molecule has 0 unspecified atom stereocenters. The minimum absolute atomic E-state index is 0.00693. The van der Waals surface area contributed by atoms with Crippen molar-refractivity contribution >= 4 is 50.7 Å². The van der Waals surface area contributed by atoms with Crippen LogP contribution >= 0.6 is 23.2 Å². The van der Waals surface area contributed by atoms with Crippen molar-refractivity contribution in [1.82, 2.24) is 10.2 Å². The molecule has 1 atom stereocenters. The fraction of sp³-hybridized carbons (Fsp3) is 0.310. The minimum atomic E-state index is -4.18. The third kappa shape index (κ3) is 7.97. The molecule has 3 aromatic carbocycles. The van der Waals surface area contributed by atoms with Crippen LogP contribution in [0, 0.1) is 6.92 Å². The van der Waals surface area contributed by atoms with Gasteiger partial charge >= 0.3 is 0 Å². The van der Waals surface area contributed by atoms with Gasteiger partial charge in [-0.2, -0.15) is 0 Å². The number of nitrogens with one attached hydrogen (secondary N) is 1. The van der Waals surface area contributed by atoms with Gasteiger partial charge in [-0.1, -0.05) is 71.2 Å². The van der Waals surface area contributed by atoms with Gasteiger partial charge in [-0.25, -0.2) is 8.42 Å². The minimum Gasteiger partial charge on any atom is -0.350 e. The Hall–Kier alpha value is -3.07. The Morgan fingerprint density at radius 2 is 1.54 bits per heavy atom. The van der Waals surface area contributed by atoms with E-state index in [4.69, 9.17) is 23.2 Å². The van der Waals surface area contributed by atoms with Gasteiger partial charge in [-0.3, -0.25) is 13.9 Å². The quantitative estimate of drug-likeness (QED) is 0.340. The SMILES string of the molecule is Cc1ccc(CN(C(=O)CN(c2ccc(Cl)c(Cl)c2)S(=O)(=O)c2ccccc2)[C@H](C)C(=O)NC(C)(C)C)cc1. The molecule has 3 aromatic rings. The van der Waals surface area contributed by atoms with E-state index in [2.05, 4.69) is 5.32 Å². The summed E-state index contributed by atoms with van der Waals surface area (Å²) in [6.45, 7) is 8.68. The number of carbonyl (C=O) groups excluding carboxylic acids is 2. The van der Waals surface area contributed by atoms with Crippen molar-refractivity contribution in [3.63, 3.8) is 0 Å². The number of rotatable bonds is 9. The topological polar surface area (TPSA) is 86.8 Å². The monoisotopic (exact) mass is 589 g/mol. The lowest BCUT2D eigenvalue weighted by molar-refractivity contribution is -0.140. The van der Waals surface area contributed by atoms with E-state index in [1.54, 1.807) is 25.1 Å². The van der Waals surface area contributed by atoms with Crippen LogP contribution in [-0.2, 0) is 26.2 Å². The maximum absolute atomic E-state index is 13.9. The van der Waals surface area contributed by atoms with Crippen LogP contribution in [0.4, 0.5) is 5.69 Å². The average molecular weight is 591 g/mol. The number of benzene rings is 3. The van der Waals surface area contributed by atoms with E-state index in [0.717, 1.165) is 15.4 Å². The lowest BCUT2D eigenvalue weighted by atomic mass is 10.1. The number of halogens is 2. The van der Waals surface area contributed by atoms with Crippen molar-refractivity contribution in [2.45, 2.75) is 57.6 Å². The number of aryl methyl sites for hydroxylation is 1. The molecule has 0 saturated heterocycles. The highest BCUT2D eigenvalue weighted by molar-refractivity contribution is 7.92. The average Bonchev–Trinajstić information content (AvgIpc) is 2.87. The predicted octanol–water partition coefficient (Wildman–Crippen LogP) is 5.83. The van der Waals surface area contributed by atoms with Crippen molar-refractivity contribution in [3.05, 3.63) is 94.0 Å². The maximum Gasteiger partial charge on any atom is 0.264 e. The van der Waals surface area contributed by atoms with Crippen LogP contribution in [0.1, 0.15) is 38.8 Å². The molecule has 0 aliphatic heterocycles. The van der Waals surface area contributed by atoms with Crippen LogP contribution < -0.4 is 9.62 Å². The molecule has 0 aliphatic carbocycles. The number of hydrogen-bond acceptors (Lipinski definition) is 4. The number of carbonyl (C=O) groups is 2. The fourth-order valence-corrected chi connectivity index (χ4v) is 5.55. The van der Waals surface area contributed by atoms with Gasteiger partial charge in [0.1, 0.15) is 12.6 Å². The second-order valence-corrected chi connectivity index (χ2v) is 13.0. The first-order chi connectivity index (χ1) is 18.2. The van der Waals surface area contributed by atoms with Gasteiger partial charge in [0.2, 0.25) is 11.8 Å². The van der Waals surface area contributed by atoms with E-state index in [0.29, 0.717) is 0 Å². The fourth-order valence-electron chi connectivity index (χ4n) is 3.84. The van der Waals surface area contributed by atoms with E-state index < -0.39 is 34.1 Å². The zero-order chi connectivity index (χ0) is 29.0. The molecule has 0 radical (unpaired) electrons. The molecule has 0 aliphatic rings. The molecule has 0 heterocycles. The van der Waals surface area contributed by atoms with Crippen LogP contribution in [0.15, 0.2) is 77.7 Å². The lowest BCUT2D eigenvalue weighted by Crippen LogP contribution is -2.54. The highest BCUT2D eigenvalue weighted by Gasteiger charge is 2.33. The van der Waals surface area contributed by atoms with Crippen LogP contribution in [0.5, 0.6) is 0 Å². The Bertz CT molecular complexity index is 1420. The van der Waals surface area contributed by atoms with Gasteiger partial charge in [-0.15, -0.1) is 0 Å². The van der Waals surface area contributed by atoms with Gasteiger partial charge in [-0.05, 0) is 70.5 Å². The molecule has 0 bridgehead atoms. The Kier molecular flexibility index (Phi) is 9.69. The second-order valence-electron chi connectivity index (χ2n) is 10.3. The number of hydrogen-bond donors (Lipinski definition) is 1. The van der Waals surface area contributed by atoms with Gasteiger partial charge in [0.15, 0.2) is 0 Å². The Morgan fingerprint density at radius 1 is 0.923 bits per heavy atom. The molecule has 208 valence electrons. The van der Waals surface area contributed by atoms with Gasteiger partial charge < -0.3 is 10.2 Å². The molecule has 39 heavy (non-hydrogen) atoms. The van der Waals surface area contributed by atoms with E-state index in [-0.39, 0.29) is 33.1 Å². The molecule has 10 heteroatoms. The molecule has 2 amide bonds. The number of amides is 2. The Labute approximate surface area is 240 Å². The molecule has 0 fully saturated rings. The van der Waals surface area contributed by atoms with E-state index in [9.17, 15) is 18.0 Å². The molecule has 0 spiro atoms. The largest absolute Gasteiger partial charge is 0.350 e. The molecular formula is C29H33Cl2N3O4S. The third-order valence-corrected chi connectivity index (χ3v) is 8.47. The first-order valence-corrected chi connectivity index (χ1v) is 14.6. The van der Waals surface area contributed by atoms with Crippen molar-refractivity contribution in [1.29, 1.82) is 0 Å². The molecule has 3 rings (SSSR count). The van der Waals surface area contributed by atoms with Crippen LogP contribution in [-0.4, -0.2) is 43.3 Å². The number of anilines is 1.